The van der Waals surface area contributed by atoms with Crippen molar-refractivity contribution in [2.75, 3.05) is 0 Å². The normalized spacial score (nSPS) is 13.4. The van der Waals surface area contributed by atoms with E-state index < -0.39 is 38.4 Å². The van der Waals surface area contributed by atoms with E-state index in [-0.39, 0.29) is 5.56 Å². The summed E-state index contributed by atoms with van der Waals surface area (Å²) in [6.07, 6.45) is 0. The molecule has 0 atom stereocenters. The van der Waals surface area contributed by atoms with E-state index in [1.807, 2.05) is 0 Å². The first-order valence-electron chi connectivity index (χ1n) is 5.26. The molecule has 1 aromatic rings. The number of halogens is 5. The number of alkyl halides is 3. The van der Waals surface area contributed by atoms with Crippen LogP contribution in [0.25, 0.3) is 0 Å². The maximum Gasteiger partial charge on any atom is 0.534 e. The molecule has 0 saturated heterocycles. The van der Waals surface area contributed by atoms with E-state index >= 15 is 0 Å². The first kappa shape index (κ1) is 16.7. The minimum atomic E-state index is -5.97. The van der Waals surface area contributed by atoms with Crippen molar-refractivity contribution in [1.82, 2.24) is 0 Å². The highest BCUT2D eigenvalue weighted by Gasteiger charge is 2.48. The standard InChI is InChI=1S/C11H11F5O3S/c1-10(2,3)9-7(12)4-6(5-8(9)13)19-20(17,18)11(14,15)16/h4-5H,1-3H3. The lowest BCUT2D eigenvalue weighted by Gasteiger charge is -2.21. The third kappa shape index (κ3) is 3.38. The molecule has 0 aliphatic rings. The van der Waals surface area contributed by atoms with Gasteiger partial charge in [-0.25, -0.2) is 8.78 Å². The smallest absolute Gasteiger partial charge is 0.376 e. The van der Waals surface area contributed by atoms with Gasteiger partial charge in [-0.2, -0.15) is 21.6 Å². The Labute approximate surface area is 112 Å². The quantitative estimate of drug-likeness (QED) is 0.476. The molecule has 0 spiro atoms. The Hall–Kier alpha value is -1.38. The highest BCUT2D eigenvalue weighted by atomic mass is 32.2. The van der Waals surface area contributed by atoms with Gasteiger partial charge in [0.1, 0.15) is 17.4 Å². The molecule has 0 unspecified atom stereocenters. The maximum atomic E-state index is 13.7. The van der Waals surface area contributed by atoms with E-state index in [0.717, 1.165) is 0 Å². The summed E-state index contributed by atoms with van der Waals surface area (Å²) >= 11 is 0. The van der Waals surface area contributed by atoms with Crippen molar-refractivity contribution in [3.05, 3.63) is 29.3 Å². The van der Waals surface area contributed by atoms with Gasteiger partial charge in [0, 0.05) is 17.7 Å². The molecule has 0 bridgehead atoms. The van der Waals surface area contributed by atoms with Crippen molar-refractivity contribution in [3.8, 4) is 5.75 Å². The molecule has 0 aliphatic heterocycles. The Morgan fingerprint density at radius 1 is 1.00 bits per heavy atom. The summed E-state index contributed by atoms with van der Waals surface area (Å²) in [5.41, 5.74) is -7.01. The van der Waals surface area contributed by atoms with Crippen LogP contribution < -0.4 is 4.18 Å². The molecule has 1 aromatic carbocycles. The van der Waals surface area contributed by atoms with Crippen molar-refractivity contribution in [3.63, 3.8) is 0 Å². The largest absolute Gasteiger partial charge is 0.534 e. The van der Waals surface area contributed by atoms with Gasteiger partial charge in [0.2, 0.25) is 0 Å². The highest BCUT2D eigenvalue weighted by molar-refractivity contribution is 7.87. The molecular formula is C11H11F5O3S. The lowest BCUT2D eigenvalue weighted by atomic mass is 9.86. The van der Waals surface area contributed by atoms with E-state index in [4.69, 9.17) is 0 Å². The summed E-state index contributed by atoms with van der Waals surface area (Å²) in [4.78, 5) is 0. The summed E-state index contributed by atoms with van der Waals surface area (Å²) in [7, 11) is -5.97. The maximum absolute atomic E-state index is 13.7. The molecule has 0 saturated carbocycles. The lowest BCUT2D eigenvalue weighted by molar-refractivity contribution is -0.0500. The van der Waals surface area contributed by atoms with Crippen LogP contribution in [0.2, 0.25) is 0 Å². The van der Waals surface area contributed by atoms with Gasteiger partial charge >= 0.3 is 15.6 Å². The van der Waals surface area contributed by atoms with Crippen molar-refractivity contribution in [1.29, 1.82) is 0 Å². The van der Waals surface area contributed by atoms with Gasteiger partial charge < -0.3 is 4.18 Å². The molecule has 0 fully saturated rings. The molecule has 0 N–H and O–H groups in total. The molecule has 3 nitrogen and oxygen atoms in total. The summed E-state index contributed by atoms with van der Waals surface area (Å²) in [5.74, 6) is -3.46. The summed E-state index contributed by atoms with van der Waals surface area (Å²) < 4.78 is 88.8. The van der Waals surface area contributed by atoms with E-state index in [0.29, 0.717) is 12.1 Å². The Bertz CT molecular complexity index is 591. The second-order valence-corrected chi connectivity index (χ2v) is 6.53. The van der Waals surface area contributed by atoms with E-state index in [2.05, 4.69) is 4.18 Å². The first-order valence-corrected chi connectivity index (χ1v) is 6.67. The summed E-state index contributed by atoms with van der Waals surface area (Å²) in [6, 6.07) is 0.792. The third-order valence-corrected chi connectivity index (χ3v) is 3.23. The number of hydrogen-bond acceptors (Lipinski definition) is 3. The average molecular weight is 318 g/mol. The number of benzene rings is 1. The predicted octanol–water partition coefficient (Wildman–Crippen LogP) is 3.49. The number of rotatable bonds is 2. The zero-order chi connectivity index (χ0) is 15.9. The topological polar surface area (TPSA) is 43.4 Å². The van der Waals surface area contributed by atoms with Crippen LogP contribution in [0, 0.1) is 11.6 Å². The molecule has 0 radical (unpaired) electrons. The zero-order valence-electron chi connectivity index (χ0n) is 10.7. The first-order chi connectivity index (χ1) is 8.75. The summed E-state index contributed by atoms with van der Waals surface area (Å²) in [5, 5.41) is 0. The van der Waals surface area contributed by atoms with Crippen LogP contribution >= 0.6 is 0 Å². The van der Waals surface area contributed by atoms with Crippen LogP contribution in [0.3, 0.4) is 0 Å². The van der Waals surface area contributed by atoms with Crippen LogP contribution in [0.15, 0.2) is 12.1 Å². The van der Waals surface area contributed by atoms with Gasteiger partial charge in [0.15, 0.2) is 0 Å². The van der Waals surface area contributed by atoms with Gasteiger partial charge in [-0.15, -0.1) is 0 Å². The zero-order valence-corrected chi connectivity index (χ0v) is 11.5. The Morgan fingerprint density at radius 3 is 1.70 bits per heavy atom. The summed E-state index contributed by atoms with van der Waals surface area (Å²) in [6.45, 7) is 4.46. The molecule has 0 aliphatic carbocycles. The van der Waals surface area contributed by atoms with Crippen molar-refractivity contribution < 1.29 is 34.6 Å². The molecule has 114 valence electrons. The van der Waals surface area contributed by atoms with E-state index in [9.17, 15) is 30.4 Å². The molecule has 0 amide bonds. The average Bonchev–Trinajstić information content (AvgIpc) is 2.09. The molecule has 1 rings (SSSR count). The Balaban J connectivity index is 3.27. The monoisotopic (exact) mass is 318 g/mol. The van der Waals surface area contributed by atoms with Crippen LogP contribution in [0.4, 0.5) is 22.0 Å². The predicted molar refractivity (Wildman–Crippen MR) is 60.7 cm³/mol. The van der Waals surface area contributed by atoms with Crippen LogP contribution in [0.5, 0.6) is 5.75 Å². The fraction of sp³-hybridized carbons (Fsp3) is 0.455. The van der Waals surface area contributed by atoms with Crippen molar-refractivity contribution in [2.24, 2.45) is 0 Å². The SMILES string of the molecule is CC(C)(C)c1c(F)cc(OS(=O)(=O)C(F)(F)F)cc1F. The molecule has 0 aromatic heterocycles. The van der Waals surface area contributed by atoms with Crippen LogP contribution in [-0.2, 0) is 15.5 Å². The fourth-order valence-electron chi connectivity index (χ4n) is 1.49. The molecular weight excluding hydrogens is 307 g/mol. The second kappa shape index (κ2) is 4.87. The van der Waals surface area contributed by atoms with Gasteiger partial charge in [-0.05, 0) is 5.41 Å². The minimum Gasteiger partial charge on any atom is -0.376 e. The Kier molecular flexibility index (Phi) is 4.06. The molecule has 0 heterocycles. The fourth-order valence-corrected chi connectivity index (χ4v) is 1.93. The van der Waals surface area contributed by atoms with Gasteiger partial charge in [-0.1, -0.05) is 20.8 Å². The van der Waals surface area contributed by atoms with Crippen LogP contribution in [-0.4, -0.2) is 13.9 Å². The number of hydrogen-bond donors (Lipinski definition) is 0. The minimum absolute atomic E-state index is 0.380. The lowest BCUT2D eigenvalue weighted by Crippen LogP contribution is -2.28. The second-order valence-electron chi connectivity index (χ2n) is 5.00. The van der Waals surface area contributed by atoms with Crippen LogP contribution in [0.1, 0.15) is 26.3 Å². The third-order valence-electron chi connectivity index (χ3n) is 2.26. The molecule has 9 heteroatoms. The van der Waals surface area contributed by atoms with Gasteiger partial charge in [0.05, 0.1) is 0 Å². The van der Waals surface area contributed by atoms with Crippen molar-refractivity contribution >= 4 is 10.1 Å². The van der Waals surface area contributed by atoms with Crippen molar-refractivity contribution in [2.45, 2.75) is 31.7 Å². The molecule has 20 heavy (non-hydrogen) atoms. The van der Waals surface area contributed by atoms with Gasteiger partial charge in [0.25, 0.3) is 0 Å². The highest BCUT2D eigenvalue weighted by Crippen LogP contribution is 2.33. The van der Waals surface area contributed by atoms with E-state index in [1.54, 1.807) is 0 Å². The van der Waals surface area contributed by atoms with Gasteiger partial charge in [-0.3, -0.25) is 0 Å². The van der Waals surface area contributed by atoms with E-state index in [1.165, 1.54) is 20.8 Å². The Morgan fingerprint density at radius 2 is 1.40 bits per heavy atom.